The number of benzene rings is 2. The lowest BCUT2D eigenvalue weighted by atomic mass is 9.91. The molecule has 2 aliphatic heterocycles. The minimum atomic E-state index is -1.27. The van der Waals surface area contributed by atoms with Crippen molar-refractivity contribution in [1.29, 1.82) is 0 Å². The Hall–Kier alpha value is -4.40. The SMILES string of the molecule is CCc1cc([C@H]2O[C@@H](n3cnc4c(NCC(c5ccccc5)c5ccccc5)nc(NCCN5CCOCC5)nc43)[C@H](O)[C@@H]2O)on1. The molecule has 13 nitrogen and oxygen atoms in total. The number of aryl methyl sites for hydroxylation is 1. The number of aromatic nitrogens is 5. The van der Waals surface area contributed by atoms with Gasteiger partial charge < -0.3 is 34.8 Å². The number of aliphatic hydroxyl groups is 2. The molecule has 2 aromatic carbocycles. The molecule has 0 spiro atoms. The van der Waals surface area contributed by atoms with Gasteiger partial charge in [0.05, 0.1) is 25.2 Å². The fraction of sp³-hybridized carbons (Fsp3) is 0.412. The number of hydrogen-bond acceptors (Lipinski definition) is 12. The molecule has 5 heterocycles. The summed E-state index contributed by atoms with van der Waals surface area (Å²) in [5, 5.41) is 33.1. The number of imidazole rings is 1. The summed E-state index contributed by atoms with van der Waals surface area (Å²) in [6, 6.07) is 22.5. The van der Waals surface area contributed by atoms with Crippen LogP contribution in [-0.2, 0) is 15.9 Å². The van der Waals surface area contributed by atoms with Crippen molar-refractivity contribution in [3.05, 3.63) is 95.6 Å². The Labute approximate surface area is 272 Å². The van der Waals surface area contributed by atoms with E-state index in [4.69, 9.17) is 24.0 Å². The molecular weight excluding hydrogens is 600 g/mol. The highest BCUT2D eigenvalue weighted by molar-refractivity contribution is 5.84. The van der Waals surface area contributed by atoms with E-state index < -0.39 is 24.5 Å². The van der Waals surface area contributed by atoms with Crippen molar-refractivity contribution in [1.82, 2.24) is 29.6 Å². The Morgan fingerprint density at radius 3 is 2.34 bits per heavy atom. The first-order chi connectivity index (χ1) is 23.1. The van der Waals surface area contributed by atoms with Crippen LogP contribution in [-0.4, -0.2) is 97.9 Å². The second kappa shape index (κ2) is 14.2. The third kappa shape index (κ3) is 6.71. The number of ether oxygens (including phenoxy) is 2. The predicted molar refractivity (Wildman–Crippen MR) is 175 cm³/mol. The van der Waals surface area contributed by atoms with E-state index >= 15 is 0 Å². The summed E-state index contributed by atoms with van der Waals surface area (Å²) < 4.78 is 18.8. The molecule has 0 unspecified atom stereocenters. The maximum absolute atomic E-state index is 11.2. The van der Waals surface area contributed by atoms with Crippen LogP contribution < -0.4 is 10.6 Å². The van der Waals surface area contributed by atoms with Gasteiger partial charge in [0.25, 0.3) is 0 Å². The molecule has 246 valence electrons. The van der Waals surface area contributed by atoms with Crippen LogP contribution in [0, 0.1) is 0 Å². The quantitative estimate of drug-likeness (QED) is 0.158. The third-order valence-corrected chi connectivity index (χ3v) is 8.85. The molecule has 0 amide bonds. The van der Waals surface area contributed by atoms with Gasteiger partial charge in [-0.2, -0.15) is 9.97 Å². The van der Waals surface area contributed by atoms with Crippen molar-refractivity contribution in [3.8, 4) is 0 Å². The van der Waals surface area contributed by atoms with Crippen LogP contribution in [0.1, 0.15) is 47.8 Å². The molecule has 5 aromatic rings. The summed E-state index contributed by atoms with van der Waals surface area (Å²) in [6.45, 7) is 7.17. The molecule has 2 fully saturated rings. The molecule has 3 aromatic heterocycles. The van der Waals surface area contributed by atoms with Gasteiger partial charge in [-0.15, -0.1) is 0 Å². The summed E-state index contributed by atoms with van der Waals surface area (Å²) in [7, 11) is 0. The van der Waals surface area contributed by atoms with Gasteiger partial charge in [-0.05, 0) is 17.5 Å². The maximum atomic E-state index is 11.2. The van der Waals surface area contributed by atoms with E-state index in [9.17, 15) is 10.2 Å². The van der Waals surface area contributed by atoms with E-state index in [1.165, 1.54) is 11.1 Å². The molecule has 0 saturated carbocycles. The van der Waals surface area contributed by atoms with Gasteiger partial charge in [0, 0.05) is 44.7 Å². The van der Waals surface area contributed by atoms with E-state index in [0.29, 0.717) is 48.2 Å². The van der Waals surface area contributed by atoms with Gasteiger partial charge >= 0.3 is 0 Å². The van der Waals surface area contributed by atoms with Gasteiger partial charge in [0.15, 0.2) is 29.0 Å². The number of hydrogen-bond donors (Lipinski definition) is 4. The Kier molecular flexibility index (Phi) is 9.40. The summed E-state index contributed by atoms with van der Waals surface area (Å²) in [5.41, 5.74) is 4.06. The van der Waals surface area contributed by atoms with Crippen LogP contribution in [0.25, 0.3) is 11.2 Å². The zero-order valence-electron chi connectivity index (χ0n) is 26.3. The molecular formula is C34H40N8O5. The van der Waals surface area contributed by atoms with E-state index in [-0.39, 0.29) is 5.92 Å². The highest BCUT2D eigenvalue weighted by Crippen LogP contribution is 2.40. The van der Waals surface area contributed by atoms with E-state index in [1.54, 1.807) is 17.0 Å². The van der Waals surface area contributed by atoms with Gasteiger partial charge in [-0.25, -0.2) is 4.98 Å². The molecule has 0 radical (unpaired) electrons. The largest absolute Gasteiger partial charge is 0.387 e. The van der Waals surface area contributed by atoms with Crippen molar-refractivity contribution in [3.63, 3.8) is 0 Å². The highest BCUT2D eigenvalue weighted by atomic mass is 16.6. The van der Waals surface area contributed by atoms with Crippen molar-refractivity contribution in [2.24, 2.45) is 0 Å². The van der Waals surface area contributed by atoms with Gasteiger partial charge in [0.1, 0.15) is 18.3 Å². The van der Waals surface area contributed by atoms with E-state index in [0.717, 1.165) is 38.5 Å². The van der Waals surface area contributed by atoms with Crippen molar-refractivity contribution < 1.29 is 24.2 Å². The summed E-state index contributed by atoms with van der Waals surface area (Å²) in [6.07, 6.45) is -2.14. The average Bonchev–Trinajstić information content (AvgIpc) is 3.84. The molecule has 0 aliphatic carbocycles. The maximum Gasteiger partial charge on any atom is 0.226 e. The molecule has 4 N–H and O–H groups in total. The van der Waals surface area contributed by atoms with Crippen LogP contribution in [0.2, 0.25) is 0 Å². The molecule has 47 heavy (non-hydrogen) atoms. The first-order valence-corrected chi connectivity index (χ1v) is 16.2. The number of aliphatic hydroxyl groups excluding tert-OH is 2. The van der Waals surface area contributed by atoms with Crippen molar-refractivity contribution >= 4 is 22.9 Å². The fourth-order valence-electron chi connectivity index (χ4n) is 6.21. The Morgan fingerprint density at radius 1 is 0.936 bits per heavy atom. The Bertz CT molecular complexity index is 1700. The Balaban J connectivity index is 1.19. The topological polar surface area (TPSA) is 156 Å². The number of nitrogens with one attached hydrogen (secondary N) is 2. The zero-order valence-corrected chi connectivity index (χ0v) is 26.3. The number of nitrogens with zero attached hydrogens (tertiary/aromatic N) is 6. The monoisotopic (exact) mass is 640 g/mol. The molecule has 2 aliphatic rings. The standard InChI is InChI=1S/C34H40N8O5/c1-2-24-19-26(47-40-24)30-28(43)29(44)33(46-30)42-21-37-27-31(38-34(39-32(27)42)35-13-14-41-15-17-45-18-16-41)36-20-25(22-9-5-3-6-10-22)23-11-7-4-8-12-23/h3-12,19,21,25,28-30,33,43-44H,2,13-18,20H2,1H3,(H2,35,36,38,39)/t28-,29+,30+,33+/m0/s1. The van der Waals surface area contributed by atoms with E-state index in [2.05, 4.69) is 49.9 Å². The third-order valence-electron chi connectivity index (χ3n) is 8.85. The minimum absolute atomic E-state index is 0.0491. The van der Waals surface area contributed by atoms with Gasteiger partial charge in [0.2, 0.25) is 5.95 Å². The van der Waals surface area contributed by atoms with Crippen molar-refractivity contribution in [2.75, 3.05) is 56.6 Å². The van der Waals surface area contributed by atoms with Crippen LogP contribution in [0.4, 0.5) is 11.8 Å². The van der Waals surface area contributed by atoms with Gasteiger partial charge in [-0.1, -0.05) is 72.7 Å². The first kappa shape index (κ1) is 31.2. The second-order valence-corrected chi connectivity index (χ2v) is 11.9. The number of fused-ring (bicyclic) bond motifs is 1. The average molecular weight is 641 g/mol. The van der Waals surface area contributed by atoms with E-state index in [1.807, 2.05) is 43.3 Å². The van der Waals surface area contributed by atoms with Gasteiger partial charge in [-0.3, -0.25) is 9.47 Å². The summed E-state index contributed by atoms with van der Waals surface area (Å²) in [5.74, 6) is 1.37. The molecule has 0 bridgehead atoms. The zero-order chi connectivity index (χ0) is 32.2. The predicted octanol–water partition coefficient (Wildman–Crippen LogP) is 3.36. The summed E-state index contributed by atoms with van der Waals surface area (Å²) >= 11 is 0. The molecule has 13 heteroatoms. The minimum Gasteiger partial charge on any atom is -0.387 e. The summed E-state index contributed by atoms with van der Waals surface area (Å²) in [4.78, 5) is 16.7. The highest BCUT2D eigenvalue weighted by Gasteiger charge is 2.47. The fourth-order valence-corrected chi connectivity index (χ4v) is 6.21. The van der Waals surface area contributed by atoms with Crippen LogP contribution in [0.3, 0.4) is 0 Å². The lowest BCUT2D eigenvalue weighted by molar-refractivity contribution is -0.0434. The lowest BCUT2D eigenvalue weighted by Gasteiger charge is -2.26. The molecule has 7 rings (SSSR count). The normalized spacial score (nSPS) is 21.9. The molecule has 4 atom stereocenters. The van der Waals surface area contributed by atoms with Crippen LogP contribution in [0.15, 0.2) is 77.6 Å². The van der Waals surface area contributed by atoms with Crippen LogP contribution >= 0.6 is 0 Å². The Morgan fingerprint density at radius 2 is 1.66 bits per heavy atom. The first-order valence-electron chi connectivity index (χ1n) is 16.2. The second-order valence-electron chi connectivity index (χ2n) is 11.9. The van der Waals surface area contributed by atoms with Crippen LogP contribution in [0.5, 0.6) is 0 Å². The number of morpholine rings is 1. The number of anilines is 2. The van der Waals surface area contributed by atoms with Crippen molar-refractivity contribution in [2.45, 2.75) is 43.8 Å². The number of rotatable bonds is 12. The lowest BCUT2D eigenvalue weighted by Crippen LogP contribution is -2.39. The smallest absolute Gasteiger partial charge is 0.226 e. The molecule has 2 saturated heterocycles.